The van der Waals surface area contributed by atoms with E-state index in [1.807, 2.05) is 0 Å². The van der Waals surface area contributed by atoms with Crippen molar-refractivity contribution in [3.63, 3.8) is 0 Å². The van der Waals surface area contributed by atoms with E-state index in [2.05, 4.69) is 0 Å². The second-order valence-corrected chi connectivity index (χ2v) is 3.13. The van der Waals surface area contributed by atoms with Gasteiger partial charge in [0.1, 0.15) is 0 Å². The summed E-state index contributed by atoms with van der Waals surface area (Å²) in [5.41, 5.74) is 0. The Morgan fingerprint density at radius 3 is 2.00 bits per heavy atom. The van der Waals surface area contributed by atoms with Gasteiger partial charge in [-0.1, -0.05) is 19.8 Å². The third kappa shape index (κ3) is 2.11. The molecule has 0 amide bonds. The van der Waals surface area contributed by atoms with Crippen molar-refractivity contribution in [2.45, 2.75) is 38.8 Å². The van der Waals surface area contributed by atoms with Crippen molar-refractivity contribution in [1.29, 1.82) is 0 Å². The van der Waals surface area contributed by atoms with E-state index >= 15 is 0 Å². The van der Waals surface area contributed by atoms with Gasteiger partial charge in [0, 0.05) is 0 Å². The van der Waals surface area contributed by atoms with Crippen LogP contribution in [0.5, 0.6) is 0 Å². The minimum atomic E-state index is -4.01. The first-order chi connectivity index (χ1) is 5.02. The van der Waals surface area contributed by atoms with Crippen molar-refractivity contribution >= 4 is 0 Å². The minimum Gasteiger partial charge on any atom is -0.171 e. The highest BCUT2D eigenvalue weighted by molar-refractivity contribution is 5.01. The van der Waals surface area contributed by atoms with Gasteiger partial charge in [-0.2, -0.15) is 13.2 Å². The lowest BCUT2D eigenvalue weighted by atomic mass is 9.92. The third-order valence-electron chi connectivity index (χ3n) is 2.35. The maximum absolute atomic E-state index is 12.1. The Labute approximate surface area is 64.8 Å². The molecule has 0 spiro atoms. The van der Waals surface area contributed by atoms with Crippen molar-refractivity contribution in [3.8, 4) is 0 Å². The number of alkyl halides is 3. The van der Waals surface area contributed by atoms with Crippen LogP contribution in [0.3, 0.4) is 0 Å². The largest absolute Gasteiger partial charge is 0.392 e. The molecule has 1 rings (SSSR count). The van der Waals surface area contributed by atoms with Crippen LogP contribution in [0, 0.1) is 11.8 Å². The molecule has 0 aromatic heterocycles. The molecule has 0 aromatic carbocycles. The molecule has 1 radical (unpaired) electrons. The molecule has 1 aliphatic rings. The summed E-state index contributed by atoms with van der Waals surface area (Å²) in [6.45, 7) is 1.26. The second-order valence-electron chi connectivity index (χ2n) is 3.13. The molecule has 65 valence electrons. The number of halogens is 3. The molecule has 1 fully saturated rings. The van der Waals surface area contributed by atoms with E-state index in [0.717, 1.165) is 12.8 Å². The lowest BCUT2D eigenvalue weighted by molar-refractivity contribution is -0.165. The number of hydrogen-bond donors (Lipinski definition) is 0. The molecular weight excluding hydrogens is 153 g/mol. The maximum Gasteiger partial charge on any atom is 0.392 e. The van der Waals surface area contributed by atoms with E-state index in [1.165, 1.54) is 6.92 Å². The standard InChI is InChI=1S/C8H12F3/c1-6(8(9,10)11)7-4-2-3-5-7/h6H,2-5H2,1H3. The average Bonchev–Trinajstić information content (AvgIpc) is 2.34. The summed E-state index contributed by atoms with van der Waals surface area (Å²) in [5.74, 6) is -0.484. The number of rotatable bonds is 1. The van der Waals surface area contributed by atoms with Gasteiger partial charge in [-0.3, -0.25) is 0 Å². The molecule has 11 heavy (non-hydrogen) atoms. The van der Waals surface area contributed by atoms with Crippen LogP contribution in [-0.4, -0.2) is 6.18 Å². The Morgan fingerprint density at radius 1 is 1.18 bits per heavy atom. The molecule has 0 aromatic rings. The fraction of sp³-hybridized carbons (Fsp3) is 0.875. The van der Waals surface area contributed by atoms with Crippen LogP contribution < -0.4 is 0 Å². The van der Waals surface area contributed by atoms with Gasteiger partial charge in [0.05, 0.1) is 5.92 Å². The van der Waals surface area contributed by atoms with Gasteiger partial charge in [0.15, 0.2) is 0 Å². The summed E-state index contributed by atoms with van der Waals surface area (Å²) >= 11 is 0. The molecular formula is C8H12F3. The van der Waals surface area contributed by atoms with Crippen LogP contribution in [0.25, 0.3) is 0 Å². The van der Waals surface area contributed by atoms with Gasteiger partial charge < -0.3 is 0 Å². The fourth-order valence-electron chi connectivity index (χ4n) is 1.49. The first kappa shape index (κ1) is 8.88. The Hall–Kier alpha value is -0.210. The van der Waals surface area contributed by atoms with Gasteiger partial charge in [-0.05, 0) is 18.8 Å². The molecule has 0 nitrogen and oxygen atoms in total. The zero-order valence-corrected chi connectivity index (χ0v) is 6.54. The summed E-state index contributed by atoms with van der Waals surface area (Å²) in [6.07, 6.45) is -0.771. The van der Waals surface area contributed by atoms with Crippen molar-refractivity contribution in [2.24, 2.45) is 5.92 Å². The van der Waals surface area contributed by atoms with Crippen molar-refractivity contribution in [3.05, 3.63) is 5.92 Å². The van der Waals surface area contributed by atoms with Crippen molar-refractivity contribution < 1.29 is 13.2 Å². The highest BCUT2D eigenvalue weighted by atomic mass is 19.4. The van der Waals surface area contributed by atoms with E-state index in [-0.39, 0.29) is 0 Å². The molecule has 0 bridgehead atoms. The molecule has 1 saturated carbocycles. The van der Waals surface area contributed by atoms with E-state index in [4.69, 9.17) is 0 Å². The van der Waals surface area contributed by atoms with Gasteiger partial charge in [0.2, 0.25) is 0 Å². The maximum atomic E-state index is 12.1. The summed E-state index contributed by atoms with van der Waals surface area (Å²) in [4.78, 5) is 0. The molecule has 3 heteroatoms. The smallest absolute Gasteiger partial charge is 0.171 e. The van der Waals surface area contributed by atoms with Crippen LogP contribution in [-0.2, 0) is 0 Å². The Balaban J connectivity index is 2.46. The molecule has 1 aliphatic carbocycles. The van der Waals surface area contributed by atoms with Gasteiger partial charge >= 0.3 is 6.18 Å². The topological polar surface area (TPSA) is 0 Å². The normalized spacial score (nSPS) is 24.0. The summed E-state index contributed by atoms with van der Waals surface area (Å²) in [5, 5.41) is 0. The SMILES string of the molecule is CC([C]1CCCC1)C(F)(F)F. The zero-order chi connectivity index (χ0) is 8.48. The second kappa shape index (κ2) is 3.03. The monoisotopic (exact) mass is 165 g/mol. The van der Waals surface area contributed by atoms with Crippen LogP contribution in [0.1, 0.15) is 32.6 Å². The van der Waals surface area contributed by atoms with E-state index in [9.17, 15) is 13.2 Å². The highest BCUT2D eigenvalue weighted by Crippen LogP contribution is 2.41. The predicted octanol–water partition coefficient (Wildman–Crippen LogP) is 3.33. The molecule has 0 heterocycles. The zero-order valence-electron chi connectivity index (χ0n) is 6.54. The molecule has 0 aliphatic heterocycles. The van der Waals surface area contributed by atoms with E-state index in [1.54, 1.807) is 0 Å². The van der Waals surface area contributed by atoms with Crippen LogP contribution in [0.2, 0.25) is 0 Å². The minimum absolute atomic E-state index is 0.681. The summed E-state index contributed by atoms with van der Waals surface area (Å²) in [7, 11) is 0. The number of hydrogen-bond acceptors (Lipinski definition) is 0. The van der Waals surface area contributed by atoms with Crippen LogP contribution >= 0.6 is 0 Å². The van der Waals surface area contributed by atoms with Crippen molar-refractivity contribution in [2.75, 3.05) is 0 Å². The molecule has 1 atom stereocenters. The fourth-order valence-corrected chi connectivity index (χ4v) is 1.49. The first-order valence-corrected chi connectivity index (χ1v) is 3.93. The van der Waals surface area contributed by atoms with Gasteiger partial charge in [-0.15, -0.1) is 0 Å². The first-order valence-electron chi connectivity index (χ1n) is 3.93. The van der Waals surface area contributed by atoms with Crippen LogP contribution in [0.4, 0.5) is 13.2 Å². The summed E-state index contributed by atoms with van der Waals surface area (Å²) < 4.78 is 36.2. The molecule has 0 N–H and O–H groups in total. The van der Waals surface area contributed by atoms with Crippen molar-refractivity contribution in [1.82, 2.24) is 0 Å². The Bertz CT molecular complexity index is 122. The van der Waals surface area contributed by atoms with E-state index < -0.39 is 12.1 Å². The predicted molar refractivity (Wildman–Crippen MR) is 36.9 cm³/mol. The lowest BCUT2D eigenvalue weighted by Gasteiger charge is -2.20. The third-order valence-corrected chi connectivity index (χ3v) is 2.35. The van der Waals surface area contributed by atoms with Crippen LogP contribution in [0.15, 0.2) is 0 Å². The van der Waals surface area contributed by atoms with Gasteiger partial charge in [-0.25, -0.2) is 0 Å². The van der Waals surface area contributed by atoms with E-state index in [0.29, 0.717) is 18.8 Å². The average molecular weight is 165 g/mol. The molecule has 0 saturated heterocycles. The van der Waals surface area contributed by atoms with Gasteiger partial charge in [0.25, 0.3) is 0 Å². The molecule has 1 unspecified atom stereocenters. The Kier molecular flexibility index (Phi) is 2.45. The highest BCUT2D eigenvalue weighted by Gasteiger charge is 2.41. The Morgan fingerprint density at radius 2 is 1.64 bits per heavy atom. The summed E-state index contributed by atoms with van der Waals surface area (Å²) in [6, 6.07) is 0. The quantitative estimate of drug-likeness (QED) is 0.559. The lowest BCUT2D eigenvalue weighted by Crippen LogP contribution is -2.24.